The largest absolute Gasteiger partial charge is 0.363 e. The van der Waals surface area contributed by atoms with E-state index in [1.165, 1.54) is 27.6 Å². The molecule has 0 aliphatic rings. The van der Waals surface area contributed by atoms with Crippen molar-refractivity contribution in [3.8, 4) is 0 Å². The van der Waals surface area contributed by atoms with Crippen LogP contribution in [0.25, 0.3) is 10.8 Å². The molecule has 0 heterocycles. The van der Waals surface area contributed by atoms with Crippen molar-refractivity contribution < 1.29 is 0 Å². The molecule has 0 saturated heterocycles. The highest BCUT2D eigenvalue weighted by molar-refractivity contribution is 5.83. The lowest BCUT2D eigenvalue weighted by molar-refractivity contribution is 0.801. The molecule has 0 aromatic heterocycles. The Morgan fingerprint density at radius 2 is 1.23 bits per heavy atom. The molecule has 0 atom stereocenters. The van der Waals surface area contributed by atoms with Crippen LogP contribution in [-0.4, -0.2) is 0 Å². The molecule has 0 saturated carbocycles. The Kier molecular flexibility index (Phi) is 4.70. The van der Waals surface area contributed by atoms with Gasteiger partial charge in [-0.15, -0.1) is 0 Å². The van der Waals surface area contributed by atoms with Gasteiger partial charge in [-0.25, -0.2) is 0 Å². The molecule has 0 aliphatic carbocycles. The number of fused-ring (bicyclic) bond motifs is 1. The summed E-state index contributed by atoms with van der Waals surface area (Å²) in [6.07, 6.45) is 0. The first-order valence-corrected chi connectivity index (χ1v) is 8.96. The fraction of sp³-hybridized carbons (Fsp3) is 0.0800. The molecule has 26 heavy (non-hydrogen) atoms. The maximum atomic E-state index is 4.00. The van der Waals surface area contributed by atoms with E-state index in [0.29, 0.717) is 0 Å². The molecule has 127 valence electrons. The van der Waals surface area contributed by atoms with Gasteiger partial charge in [0.1, 0.15) is 0 Å². The highest BCUT2D eigenvalue weighted by atomic mass is 15.1. The zero-order valence-electron chi connectivity index (χ0n) is 14.8. The summed E-state index contributed by atoms with van der Waals surface area (Å²) < 4.78 is 0. The summed E-state index contributed by atoms with van der Waals surface area (Å²) in [7, 11) is 0. The third-order valence-electron chi connectivity index (χ3n) is 4.71. The summed E-state index contributed by atoms with van der Waals surface area (Å²) in [4.78, 5) is 2.42. The predicted molar refractivity (Wildman–Crippen MR) is 111 cm³/mol. The second-order valence-electron chi connectivity index (χ2n) is 6.69. The molecule has 0 unspecified atom stereocenters. The molecule has 1 heteroatoms. The molecule has 0 N–H and O–H groups in total. The zero-order valence-corrected chi connectivity index (χ0v) is 14.8. The van der Waals surface area contributed by atoms with Crippen LogP contribution in [0.2, 0.25) is 0 Å². The lowest BCUT2D eigenvalue weighted by Gasteiger charge is -2.25. The fourth-order valence-electron chi connectivity index (χ4n) is 3.31. The molecule has 4 rings (SSSR count). The number of hydrogen-bond acceptors (Lipinski definition) is 1. The quantitative estimate of drug-likeness (QED) is 0.417. The minimum atomic E-state index is 0.871. The van der Waals surface area contributed by atoms with Gasteiger partial charge in [0.25, 0.3) is 0 Å². The molecular formula is C25H22N. The van der Waals surface area contributed by atoms with Crippen molar-refractivity contribution >= 4 is 16.5 Å². The third kappa shape index (κ3) is 3.78. The van der Waals surface area contributed by atoms with Crippen LogP contribution >= 0.6 is 0 Å². The van der Waals surface area contributed by atoms with Gasteiger partial charge in [-0.2, -0.15) is 0 Å². The summed E-state index contributed by atoms with van der Waals surface area (Å²) in [6.45, 7) is 5.75. The standard InChI is InChI=1S/C25H22N/c1-20-11-15-25(16-12-20)26(18-21-7-3-2-4-8-21)19-22-13-14-23-9-5-6-10-24(23)17-22/h2-17H,1,18-19H2. The molecule has 0 fully saturated rings. The number of rotatable bonds is 5. The van der Waals surface area contributed by atoms with Gasteiger partial charge in [-0.3, -0.25) is 0 Å². The van der Waals surface area contributed by atoms with Crippen molar-refractivity contribution in [2.24, 2.45) is 0 Å². The van der Waals surface area contributed by atoms with Crippen molar-refractivity contribution in [2.45, 2.75) is 13.1 Å². The van der Waals surface area contributed by atoms with Crippen LogP contribution in [0.3, 0.4) is 0 Å². The average molecular weight is 336 g/mol. The topological polar surface area (TPSA) is 3.24 Å². The number of hydrogen-bond donors (Lipinski definition) is 0. The van der Waals surface area contributed by atoms with Gasteiger partial charge < -0.3 is 4.90 Å². The monoisotopic (exact) mass is 336 g/mol. The van der Waals surface area contributed by atoms with Crippen LogP contribution in [0.4, 0.5) is 5.69 Å². The minimum absolute atomic E-state index is 0.871. The van der Waals surface area contributed by atoms with E-state index in [2.05, 4.69) is 109 Å². The number of anilines is 1. The second-order valence-corrected chi connectivity index (χ2v) is 6.69. The lowest BCUT2D eigenvalue weighted by atomic mass is 10.1. The summed E-state index contributed by atoms with van der Waals surface area (Å²) in [6, 6.07) is 34.4. The Labute approximate surface area is 155 Å². The Morgan fingerprint density at radius 1 is 0.577 bits per heavy atom. The molecular weight excluding hydrogens is 314 g/mol. The van der Waals surface area contributed by atoms with E-state index in [1.807, 2.05) is 0 Å². The van der Waals surface area contributed by atoms with Gasteiger partial charge in [0.05, 0.1) is 0 Å². The number of nitrogens with zero attached hydrogens (tertiary/aromatic N) is 1. The van der Waals surface area contributed by atoms with Crippen molar-refractivity contribution in [2.75, 3.05) is 4.90 Å². The van der Waals surface area contributed by atoms with E-state index >= 15 is 0 Å². The van der Waals surface area contributed by atoms with E-state index in [-0.39, 0.29) is 0 Å². The maximum Gasteiger partial charge on any atom is 0.0433 e. The normalized spacial score (nSPS) is 10.8. The molecule has 1 nitrogen and oxygen atoms in total. The van der Waals surface area contributed by atoms with Crippen LogP contribution < -0.4 is 4.90 Å². The minimum Gasteiger partial charge on any atom is -0.363 e. The third-order valence-corrected chi connectivity index (χ3v) is 4.71. The van der Waals surface area contributed by atoms with Crippen LogP contribution in [0, 0.1) is 6.92 Å². The van der Waals surface area contributed by atoms with Gasteiger partial charge in [-0.05, 0) is 52.6 Å². The molecule has 4 aromatic rings. The van der Waals surface area contributed by atoms with E-state index in [4.69, 9.17) is 0 Å². The first-order chi connectivity index (χ1) is 12.8. The van der Waals surface area contributed by atoms with Gasteiger partial charge in [0, 0.05) is 18.8 Å². The SMILES string of the molecule is [CH2]c1ccc(N(Cc2ccccc2)Cc2ccc3ccccc3c2)cc1. The summed E-state index contributed by atoms with van der Waals surface area (Å²) >= 11 is 0. The molecule has 0 amide bonds. The van der Waals surface area contributed by atoms with E-state index in [0.717, 1.165) is 18.7 Å². The summed E-state index contributed by atoms with van der Waals surface area (Å²) in [5.41, 5.74) is 4.89. The van der Waals surface area contributed by atoms with Crippen LogP contribution in [0.1, 0.15) is 16.7 Å². The first-order valence-electron chi connectivity index (χ1n) is 8.96. The Morgan fingerprint density at radius 3 is 2.00 bits per heavy atom. The van der Waals surface area contributed by atoms with Crippen LogP contribution in [-0.2, 0) is 13.1 Å². The van der Waals surface area contributed by atoms with E-state index in [1.54, 1.807) is 0 Å². The Hall–Kier alpha value is -3.06. The molecule has 0 spiro atoms. The first kappa shape index (κ1) is 16.4. The van der Waals surface area contributed by atoms with Gasteiger partial charge in [0.2, 0.25) is 0 Å². The van der Waals surface area contributed by atoms with Crippen LogP contribution in [0.5, 0.6) is 0 Å². The predicted octanol–water partition coefficient (Wildman–Crippen LogP) is 6.23. The van der Waals surface area contributed by atoms with E-state index in [9.17, 15) is 0 Å². The molecule has 0 aliphatic heterocycles. The van der Waals surface area contributed by atoms with Crippen molar-refractivity contribution in [3.63, 3.8) is 0 Å². The second kappa shape index (κ2) is 7.45. The maximum absolute atomic E-state index is 4.00. The number of benzene rings is 4. The fourth-order valence-corrected chi connectivity index (χ4v) is 3.31. The highest BCUT2D eigenvalue weighted by Crippen LogP contribution is 2.23. The van der Waals surface area contributed by atoms with Gasteiger partial charge in [-0.1, -0.05) is 78.9 Å². The summed E-state index contributed by atoms with van der Waals surface area (Å²) in [5.74, 6) is 0. The lowest BCUT2D eigenvalue weighted by Crippen LogP contribution is -2.22. The van der Waals surface area contributed by atoms with E-state index < -0.39 is 0 Å². The molecule has 4 aromatic carbocycles. The Balaban J connectivity index is 1.65. The van der Waals surface area contributed by atoms with Crippen molar-refractivity contribution in [3.05, 3.63) is 121 Å². The molecule has 0 bridgehead atoms. The van der Waals surface area contributed by atoms with Crippen LogP contribution in [0.15, 0.2) is 97.1 Å². The Bertz CT molecular complexity index is 987. The van der Waals surface area contributed by atoms with Crippen molar-refractivity contribution in [1.82, 2.24) is 0 Å². The van der Waals surface area contributed by atoms with Crippen molar-refractivity contribution in [1.29, 1.82) is 0 Å². The van der Waals surface area contributed by atoms with Gasteiger partial charge >= 0.3 is 0 Å². The average Bonchev–Trinajstić information content (AvgIpc) is 2.69. The smallest absolute Gasteiger partial charge is 0.0433 e. The highest BCUT2D eigenvalue weighted by Gasteiger charge is 2.09. The molecule has 1 radical (unpaired) electrons. The van der Waals surface area contributed by atoms with Gasteiger partial charge in [0.15, 0.2) is 0 Å². The summed E-state index contributed by atoms with van der Waals surface area (Å²) in [5, 5.41) is 2.57. The zero-order chi connectivity index (χ0) is 17.8.